The molecule has 6 nitrogen and oxygen atoms in total. The summed E-state index contributed by atoms with van der Waals surface area (Å²) in [5.41, 5.74) is 1.09. The summed E-state index contributed by atoms with van der Waals surface area (Å²) in [5.74, 6) is 5.80. The van der Waals surface area contributed by atoms with Crippen LogP contribution in [0.3, 0.4) is 0 Å². The lowest BCUT2D eigenvalue weighted by Gasteiger charge is -2.05. The van der Waals surface area contributed by atoms with Gasteiger partial charge in [0.2, 0.25) is 0 Å². The SMILES string of the molecule is Cn1cnc(CCNC(=O)c2ccccc2C#CCO)n1. The predicted molar refractivity (Wildman–Crippen MR) is 77.4 cm³/mol. The molecule has 0 spiro atoms. The molecule has 0 unspecified atom stereocenters. The van der Waals surface area contributed by atoms with E-state index in [1.54, 1.807) is 42.3 Å². The van der Waals surface area contributed by atoms with Crippen LogP contribution in [0.15, 0.2) is 30.6 Å². The Morgan fingerprint density at radius 2 is 2.24 bits per heavy atom. The molecule has 0 saturated heterocycles. The highest BCUT2D eigenvalue weighted by atomic mass is 16.2. The van der Waals surface area contributed by atoms with E-state index in [1.807, 2.05) is 0 Å². The van der Waals surface area contributed by atoms with Crippen molar-refractivity contribution in [2.24, 2.45) is 7.05 Å². The smallest absolute Gasteiger partial charge is 0.252 e. The number of nitrogens with one attached hydrogen (secondary N) is 1. The van der Waals surface area contributed by atoms with Gasteiger partial charge in [-0.05, 0) is 12.1 Å². The van der Waals surface area contributed by atoms with Crippen LogP contribution < -0.4 is 5.32 Å². The number of carbonyl (C=O) groups excluding carboxylic acids is 1. The van der Waals surface area contributed by atoms with Gasteiger partial charge in [-0.2, -0.15) is 5.10 Å². The van der Waals surface area contributed by atoms with E-state index in [-0.39, 0.29) is 12.5 Å². The maximum Gasteiger partial charge on any atom is 0.252 e. The molecule has 0 fully saturated rings. The van der Waals surface area contributed by atoms with Gasteiger partial charge >= 0.3 is 0 Å². The number of carbonyl (C=O) groups is 1. The lowest BCUT2D eigenvalue weighted by molar-refractivity contribution is 0.0953. The van der Waals surface area contributed by atoms with Crippen LogP contribution in [-0.2, 0) is 13.5 Å². The normalized spacial score (nSPS) is 9.81. The molecular formula is C15H16N4O2. The van der Waals surface area contributed by atoms with Gasteiger partial charge in [0.1, 0.15) is 12.9 Å². The van der Waals surface area contributed by atoms with Crippen LogP contribution in [0, 0.1) is 11.8 Å². The number of rotatable bonds is 4. The Hall–Kier alpha value is -2.65. The monoisotopic (exact) mass is 284 g/mol. The van der Waals surface area contributed by atoms with Crippen molar-refractivity contribution in [2.45, 2.75) is 6.42 Å². The average molecular weight is 284 g/mol. The maximum absolute atomic E-state index is 12.1. The van der Waals surface area contributed by atoms with Crippen LogP contribution in [0.1, 0.15) is 21.7 Å². The number of hydrogen-bond donors (Lipinski definition) is 2. The third kappa shape index (κ3) is 4.16. The van der Waals surface area contributed by atoms with Gasteiger partial charge in [0, 0.05) is 25.6 Å². The lowest BCUT2D eigenvalue weighted by atomic mass is 10.1. The fourth-order valence-corrected chi connectivity index (χ4v) is 1.81. The van der Waals surface area contributed by atoms with Gasteiger partial charge < -0.3 is 10.4 Å². The van der Waals surface area contributed by atoms with Crippen LogP contribution in [0.2, 0.25) is 0 Å². The molecule has 0 bridgehead atoms. The molecule has 0 saturated carbocycles. The van der Waals surface area contributed by atoms with Crippen molar-refractivity contribution in [3.63, 3.8) is 0 Å². The van der Waals surface area contributed by atoms with E-state index in [0.29, 0.717) is 29.9 Å². The highest BCUT2D eigenvalue weighted by molar-refractivity contribution is 5.96. The van der Waals surface area contributed by atoms with Crippen molar-refractivity contribution in [1.29, 1.82) is 0 Å². The largest absolute Gasteiger partial charge is 0.384 e. The zero-order valence-corrected chi connectivity index (χ0v) is 11.7. The van der Waals surface area contributed by atoms with Crippen molar-refractivity contribution in [2.75, 3.05) is 13.2 Å². The lowest BCUT2D eigenvalue weighted by Crippen LogP contribution is -2.26. The van der Waals surface area contributed by atoms with Gasteiger partial charge in [0.15, 0.2) is 5.82 Å². The third-order valence-electron chi connectivity index (χ3n) is 2.76. The summed E-state index contributed by atoms with van der Waals surface area (Å²) in [4.78, 5) is 16.2. The first-order valence-electron chi connectivity index (χ1n) is 6.52. The van der Waals surface area contributed by atoms with E-state index in [4.69, 9.17) is 5.11 Å². The minimum Gasteiger partial charge on any atom is -0.384 e. The van der Waals surface area contributed by atoms with Crippen molar-refractivity contribution in [1.82, 2.24) is 20.1 Å². The Labute approximate surface area is 122 Å². The van der Waals surface area contributed by atoms with E-state index in [9.17, 15) is 4.79 Å². The van der Waals surface area contributed by atoms with Crippen LogP contribution in [0.5, 0.6) is 0 Å². The molecule has 1 aromatic heterocycles. The van der Waals surface area contributed by atoms with Gasteiger partial charge in [-0.3, -0.25) is 9.48 Å². The van der Waals surface area contributed by atoms with E-state index in [2.05, 4.69) is 27.2 Å². The number of nitrogens with zero attached hydrogens (tertiary/aromatic N) is 3. The first-order chi connectivity index (χ1) is 10.2. The van der Waals surface area contributed by atoms with E-state index >= 15 is 0 Å². The molecule has 1 amide bonds. The number of aryl methyl sites for hydroxylation is 1. The average Bonchev–Trinajstić information content (AvgIpc) is 2.91. The molecule has 0 aliphatic heterocycles. The molecule has 21 heavy (non-hydrogen) atoms. The molecule has 1 heterocycles. The van der Waals surface area contributed by atoms with E-state index in [1.165, 1.54) is 0 Å². The van der Waals surface area contributed by atoms with Gasteiger partial charge in [0.05, 0.1) is 5.56 Å². The van der Waals surface area contributed by atoms with Crippen molar-refractivity contribution >= 4 is 5.91 Å². The van der Waals surface area contributed by atoms with Crippen LogP contribution in [0.4, 0.5) is 0 Å². The first kappa shape index (κ1) is 14.8. The number of hydrogen-bond acceptors (Lipinski definition) is 4. The van der Waals surface area contributed by atoms with E-state index < -0.39 is 0 Å². The molecular weight excluding hydrogens is 268 g/mol. The van der Waals surface area contributed by atoms with Crippen LogP contribution in [-0.4, -0.2) is 38.9 Å². The molecule has 0 aliphatic carbocycles. The minimum atomic E-state index is -0.235. The molecule has 108 valence electrons. The summed E-state index contributed by atoms with van der Waals surface area (Å²) in [5, 5.41) is 15.7. The van der Waals surface area contributed by atoms with Crippen LogP contribution >= 0.6 is 0 Å². The number of aliphatic hydroxyl groups is 1. The summed E-state index contributed by atoms with van der Waals surface area (Å²) in [7, 11) is 1.80. The predicted octanol–water partition coefficient (Wildman–Crippen LogP) is 0.131. The van der Waals surface area contributed by atoms with Gasteiger partial charge in [-0.1, -0.05) is 24.0 Å². The Morgan fingerprint density at radius 3 is 2.95 bits per heavy atom. The Morgan fingerprint density at radius 1 is 1.43 bits per heavy atom. The Balaban J connectivity index is 1.97. The van der Waals surface area contributed by atoms with Gasteiger partial charge in [-0.15, -0.1) is 0 Å². The zero-order valence-electron chi connectivity index (χ0n) is 11.7. The molecule has 2 rings (SSSR count). The summed E-state index contributed by atoms with van der Waals surface area (Å²) in [6.45, 7) is 0.214. The topological polar surface area (TPSA) is 80.0 Å². The second kappa shape index (κ2) is 7.22. The highest BCUT2D eigenvalue weighted by Gasteiger charge is 2.09. The first-order valence-corrected chi connectivity index (χ1v) is 6.52. The summed E-state index contributed by atoms with van der Waals surface area (Å²) in [6, 6.07) is 7.03. The number of benzene rings is 1. The number of aliphatic hydroxyl groups excluding tert-OH is 1. The van der Waals surface area contributed by atoms with Crippen molar-refractivity contribution in [3.8, 4) is 11.8 Å². The Bertz CT molecular complexity index is 682. The molecule has 0 atom stereocenters. The minimum absolute atomic E-state index is 0.200. The maximum atomic E-state index is 12.1. The summed E-state index contributed by atoms with van der Waals surface area (Å²) in [6.07, 6.45) is 2.19. The summed E-state index contributed by atoms with van der Waals surface area (Å²) < 4.78 is 1.62. The number of aromatic nitrogens is 3. The number of amides is 1. The molecule has 1 aromatic carbocycles. The Kier molecular flexibility index (Phi) is 5.07. The fourth-order valence-electron chi connectivity index (χ4n) is 1.81. The van der Waals surface area contributed by atoms with Crippen molar-refractivity contribution < 1.29 is 9.90 Å². The van der Waals surface area contributed by atoms with Crippen LogP contribution in [0.25, 0.3) is 0 Å². The van der Waals surface area contributed by atoms with Gasteiger partial charge in [-0.25, -0.2) is 4.98 Å². The highest BCUT2D eigenvalue weighted by Crippen LogP contribution is 2.07. The molecule has 0 aliphatic rings. The van der Waals surface area contributed by atoms with Crippen molar-refractivity contribution in [3.05, 3.63) is 47.5 Å². The second-order valence-electron chi connectivity index (χ2n) is 4.35. The molecule has 0 radical (unpaired) electrons. The van der Waals surface area contributed by atoms with Gasteiger partial charge in [0.25, 0.3) is 5.91 Å². The molecule has 6 heteroatoms. The second-order valence-corrected chi connectivity index (χ2v) is 4.35. The standard InChI is InChI=1S/C15H16N4O2/c1-19-11-17-14(18-19)8-9-16-15(21)13-7-3-2-5-12(13)6-4-10-20/h2-3,5,7,11,20H,8-10H2,1H3,(H,16,21). The summed E-state index contributed by atoms with van der Waals surface area (Å²) >= 11 is 0. The zero-order chi connectivity index (χ0) is 15.1. The third-order valence-corrected chi connectivity index (χ3v) is 2.76. The van der Waals surface area contributed by atoms with E-state index in [0.717, 1.165) is 0 Å². The molecule has 2 N–H and O–H groups in total. The quantitative estimate of drug-likeness (QED) is 0.782. The molecule has 2 aromatic rings. The fraction of sp³-hybridized carbons (Fsp3) is 0.267.